The minimum atomic E-state index is -0.803. The molecular formula is C16H30N4O2. The first-order chi connectivity index (χ1) is 10.6. The molecule has 0 aromatic heterocycles. The highest BCUT2D eigenvalue weighted by molar-refractivity contribution is 6.35. The van der Waals surface area contributed by atoms with E-state index in [1.54, 1.807) is 12.4 Å². The summed E-state index contributed by atoms with van der Waals surface area (Å²) in [6, 6.07) is 0. The Morgan fingerprint density at radius 2 is 1.18 bits per heavy atom. The molecule has 0 heterocycles. The number of nitrogens with one attached hydrogen (secondary N) is 2. The summed E-state index contributed by atoms with van der Waals surface area (Å²) in [6.45, 7) is 8.33. The molecule has 6 heteroatoms. The van der Waals surface area contributed by atoms with Gasteiger partial charge in [0.2, 0.25) is 0 Å². The van der Waals surface area contributed by atoms with Crippen molar-refractivity contribution < 1.29 is 9.59 Å². The molecule has 0 aliphatic carbocycles. The maximum absolute atomic E-state index is 11.5. The predicted molar refractivity (Wildman–Crippen MR) is 90.6 cm³/mol. The van der Waals surface area contributed by atoms with Gasteiger partial charge in [-0.25, -0.2) is 10.9 Å². The van der Waals surface area contributed by atoms with Crippen LogP contribution in [-0.2, 0) is 9.59 Å². The van der Waals surface area contributed by atoms with Crippen LogP contribution in [-0.4, -0.2) is 24.2 Å². The zero-order valence-corrected chi connectivity index (χ0v) is 14.3. The molecule has 6 nitrogen and oxygen atoms in total. The summed E-state index contributed by atoms with van der Waals surface area (Å²) in [7, 11) is 0. The lowest BCUT2D eigenvalue weighted by Crippen LogP contribution is -2.35. The fourth-order valence-corrected chi connectivity index (χ4v) is 2.01. The lowest BCUT2D eigenvalue weighted by atomic mass is 10.0. The first kappa shape index (κ1) is 20.3. The zero-order chi connectivity index (χ0) is 16.8. The third-order valence-corrected chi connectivity index (χ3v) is 3.48. The highest BCUT2D eigenvalue weighted by Crippen LogP contribution is 2.07. The molecule has 0 aromatic carbocycles. The van der Waals surface area contributed by atoms with Crippen molar-refractivity contribution in [2.45, 2.75) is 66.2 Å². The van der Waals surface area contributed by atoms with Crippen molar-refractivity contribution in [1.29, 1.82) is 0 Å². The van der Waals surface area contributed by atoms with Crippen LogP contribution in [0.1, 0.15) is 66.2 Å². The van der Waals surface area contributed by atoms with Crippen LogP contribution in [0.3, 0.4) is 0 Å². The third-order valence-electron chi connectivity index (χ3n) is 3.48. The van der Waals surface area contributed by atoms with Gasteiger partial charge in [0.15, 0.2) is 0 Å². The monoisotopic (exact) mass is 310 g/mol. The smallest absolute Gasteiger partial charge is 0.262 e. The molecule has 0 radical (unpaired) electrons. The SMILES string of the molecule is CCC[C@H](/C=N\NC(=O)C(=O)N/N=C/[C@@H](CC)CCC)CC. The molecule has 2 amide bonds. The maximum Gasteiger partial charge on any atom is 0.331 e. The third kappa shape index (κ3) is 9.26. The van der Waals surface area contributed by atoms with E-state index in [-0.39, 0.29) is 0 Å². The van der Waals surface area contributed by atoms with Gasteiger partial charge in [0.05, 0.1) is 0 Å². The van der Waals surface area contributed by atoms with E-state index < -0.39 is 11.8 Å². The average Bonchev–Trinajstić information content (AvgIpc) is 2.52. The summed E-state index contributed by atoms with van der Waals surface area (Å²) in [6.07, 6.45) is 9.44. The van der Waals surface area contributed by atoms with Crippen LogP contribution in [0, 0.1) is 11.8 Å². The standard InChI is InChI=1S/C16H30N4O2/c1-5-9-13(7-3)11-17-19-15(21)16(22)20-18-12-14(8-4)10-6-2/h11-14H,5-10H2,1-4H3,(H,19,21)(H,20,22)/b17-11-,18-12+/t13-,14+/m1/s1. The van der Waals surface area contributed by atoms with E-state index in [9.17, 15) is 9.59 Å². The maximum atomic E-state index is 11.5. The topological polar surface area (TPSA) is 82.9 Å². The Morgan fingerprint density at radius 3 is 1.45 bits per heavy atom. The van der Waals surface area contributed by atoms with E-state index >= 15 is 0 Å². The van der Waals surface area contributed by atoms with Gasteiger partial charge in [-0.15, -0.1) is 0 Å². The Hall–Kier alpha value is -1.72. The fraction of sp³-hybridized carbons (Fsp3) is 0.750. The van der Waals surface area contributed by atoms with Crippen LogP contribution in [0.4, 0.5) is 0 Å². The van der Waals surface area contributed by atoms with Crippen molar-refractivity contribution in [2.24, 2.45) is 22.0 Å². The van der Waals surface area contributed by atoms with Gasteiger partial charge < -0.3 is 0 Å². The molecule has 0 aliphatic rings. The van der Waals surface area contributed by atoms with E-state index in [1.165, 1.54) is 0 Å². The highest BCUT2D eigenvalue weighted by Gasteiger charge is 2.11. The van der Waals surface area contributed by atoms with Crippen LogP contribution >= 0.6 is 0 Å². The average molecular weight is 310 g/mol. The van der Waals surface area contributed by atoms with Gasteiger partial charge in [-0.1, -0.05) is 40.5 Å². The Labute approximate surface area is 133 Å². The summed E-state index contributed by atoms with van der Waals surface area (Å²) in [5.41, 5.74) is 4.45. The van der Waals surface area contributed by atoms with Gasteiger partial charge in [-0.2, -0.15) is 10.2 Å². The first-order valence-corrected chi connectivity index (χ1v) is 8.25. The van der Waals surface area contributed by atoms with E-state index in [1.807, 2.05) is 0 Å². The lowest BCUT2D eigenvalue weighted by molar-refractivity contribution is -0.139. The molecular weight excluding hydrogens is 280 g/mol. The Bertz CT molecular complexity index is 344. The van der Waals surface area contributed by atoms with Crippen LogP contribution < -0.4 is 10.9 Å². The fourth-order valence-electron chi connectivity index (χ4n) is 2.01. The molecule has 0 saturated heterocycles. The summed E-state index contributed by atoms with van der Waals surface area (Å²) >= 11 is 0. The zero-order valence-electron chi connectivity index (χ0n) is 14.3. The van der Waals surface area contributed by atoms with Gasteiger partial charge in [-0.3, -0.25) is 9.59 Å². The molecule has 2 N–H and O–H groups in total. The van der Waals surface area contributed by atoms with Gasteiger partial charge >= 0.3 is 11.8 Å². The number of carbonyl (C=O) groups excluding carboxylic acids is 2. The van der Waals surface area contributed by atoms with Crippen molar-refractivity contribution >= 4 is 24.2 Å². The molecule has 0 rings (SSSR count). The molecule has 0 bridgehead atoms. The second-order valence-electron chi connectivity index (χ2n) is 5.35. The minimum Gasteiger partial charge on any atom is -0.262 e. The quantitative estimate of drug-likeness (QED) is 0.369. The van der Waals surface area contributed by atoms with Gasteiger partial charge in [0.25, 0.3) is 0 Å². The summed E-state index contributed by atoms with van der Waals surface area (Å²) in [5, 5.41) is 7.67. The molecule has 0 aliphatic heterocycles. The van der Waals surface area contributed by atoms with Crippen molar-refractivity contribution in [3.63, 3.8) is 0 Å². The van der Waals surface area contributed by atoms with E-state index in [2.05, 4.69) is 48.7 Å². The highest BCUT2D eigenvalue weighted by atomic mass is 16.2. The van der Waals surface area contributed by atoms with Crippen molar-refractivity contribution in [3.8, 4) is 0 Å². The number of hydrogen-bond acceptors (Lipinski definition) is 4. The van der Waals surface area contributed by atoms with E-state index in [0.717, 1.165) is 38.5 Å². The first-order valence-electron chi connectivity index (χ1n) is 8.25. The number of nitrogens with zero attached hydrogens (tertiary/aromatic N) is 2. The van der Waals surface area contributed by atoms with Crippen molar-refractivity contribution in [1.82, 2.24) is 10.9 Å². The van der Waals surface area contributed by atoms with Crippen LogP contribution in [0.25, 0.3) is 0 Å². The summed E-state index contributed by atoms with van der Waals surface area (Å²) < 4.78 is 0. The lowest BCUT2D eigenvalue weighted by Gasteiger charge is -2.07. The van der Waals surface area contributed by atoms with Crippen molar-refractivity contribution in [2.75, 3.05) is 0 Å². The van der Waals surface area contributed by atoms with Gasteiger partial charge in [0.1, 0.15) is 0 Å². The molecule has 0 saturated carbocycles. The molecule has 0 spiro atoms. The molecule has 0 unspecified atom stereocenters. The molecule has 0 fully saturated rings. The molecule has 0 aromatic rings. The molecule has 22 heavy (non-hydrogen) atoms. The van der Waals surface area contributed by atoms with Crippen LogP contribution in [0.15, 0.2) is 10.2 Å². The Kier molecular flexibility index (Phi) is 12.0. The second-order valence-corrected chi connectivity index (χ2v) is 5.35. The number of rotatable bonds is 10. The number of amides is 2. The van der Waals surface area contributed by atoms with Crippen LogP contribution in [0.5, 0.6) is 0 Å². The second kappa shape index (κ2) is 13.0. The normalized spacial score (nSPS) is 14.2. The largest absolute Gasteiger partial charge is 0.331 e. The van der Waals surface area contributed by atoms with Gasteiger partial charge in [-0.05, 0) is 37.5 Å². The van der Waals surface area contributed by atoms with Crippen LogP contribution in [0.2, 0.25) is 0 Å². The van der Waals surface area contributed by atoms with Crippen molar-refractivity contribution in [3.05, 3.63) is 0 Å². The summed E-state index contributed by atoms with van der Waals surface area (Å²) in [4.78, 5) is 23.1. The number of carbonyl (C=O) groups is 2. The Balaban J connectivity index is 4.19. The summed E-state index contributed by atoms with van der Waals surface area (Å²) in [5.74, 6) is -0.956. The molecule has 2 atom stereocenters. The minimum absolute atomic E-state index is 0.325. The number of hydrogen-bond donors (Lipinski definition) is 2. The Morgan fingerprint density at radius 1 is 0.818 bits per heavy atom. The molecule has 126 valence electrons. The van der Waals surface area contributed by atoms with E-state index in [0.29, 0.717) is 11.8 Å². The van der Waals surface area contributed by atoms with E-state index in [4.69, 9.17) is 0 Å². The predicted octanol–water partition coefficient (Wildman–Crippen LogP) is 2.84. The van der Waals surface area contributed by atoms with Gasteiger partial charge in [0, 0.05) is 12.4 Å². The number of hydrazone groups is 2.